The van der Waals surface area contributed by atoms with E-state index in [0.717, 1.165) is 12.8 Å². The fourth-order valence-corrected chi connectivity index (χ4v) is 6.15. The zero-order valence-electron chi connectivity index (χ0n) is 17.2. The average molecular weight is 376 g/mol. The second-order valence-corrected chi connectivity index (χ2v) is 10.2. The highest BCUT2D eigenvalue weighted by molar-refractivity contribution is 6.03. The van der Waals surface area contributed by atoms with Crippen LogP contribution in [0.1, 0.15) is 60.8 Å². The molecule has 1 aliphatic heterocycles. The van der Waals surface area contributed by atoms with E-state index in [9.17, 15) is 14.7 Å². The molecule has 1 saturated heterocycles. The first-order valence-electron chi connectivity index (χ1n) is 10.2. The van der Waals surface area contributed by atoms with Gasteiger partial charge in [0.15, 0.2) is 5.60 Å². The second kappa shape index (κ2) is 5.66. The SMILES string of the molecule is CC(=O)O[C@]12C[C@H](C)[C@H](O)[C@@H]1[C@H]1O[C@]1(C)CC[C@H]1[C@@H](/C=C(\C)C2=O)C1(C)C. The Labute approximate surface area is 161 Å². The lowest BCUT2D eigenvalue weighted by Crippen LogP contribution is -2.51. The van der Waals surface area contributed by atoms with Crippen molar-refractivity contribution in [3.63, 3.8) is 0 Å². The Kier molecular flexibility index (Phi) is 4.01. The molecular formula is C22H32O5. The number of aliphatic hydroxyl groups excluding tert-OH is 1. The van der Waals surface area contributed by atoms with Crippen LogP contribution in [0.5, 0.6) is 0 Å². The third kappa shape index (κ3) is 2.65. The third-order valence-corrected chi connectivity index (χ3v) is 7.97. The largest absolute Gasteiger partial charge is 0.450 e. The Morgan fingerprint density at radius 1 is 1.33 bits per heavy atom. The number of aliphatic hydroxyl groups is 1. The van der Waals surface area contributed by atoms with Gasteiger partial charge in [0.2, 0.25) is 5.78 Å². The number of hydrogen-bond acceptors (Lipinski definition) is 5. The number of rotatable bonds is 1. The van der Waals surface area contributed by atoms with Crippen molar-refractivity contribution in [3.8, 4) is 0 Å². The lowest BCUT2D eigenvalue weighted by molar-refractivity contribution is -0.171. The van der Waals surface area contributed by atoms with Gasteiger partial charge in [-0.1, -0.05) is 26.8 Å². The number of epoxide rings is 1. The molecule has 5 heteroatoms. The van der Waals surface area contributed by atoms with Gasteiger partial charge in [0, 0.05) is 13.3 Å². The van der Waals surface area contributed by atoms with Crippen molar-refractivity contribution >= 4 is 11.8 Å². The van der Waals surface area contributed by atoms with E-state index >= 15 is 0 Å². The van der Waals surface area contributed by atoms with Gasteiger partial charge in [0.25, 0.3) is 0 Å². The highest BCUT2D eigenvalue weighted by Gasteiger charge is 2.71. The summed E-state index contributed by atoms with van der Waals surface area (Å²) in [5, 5.41) is 10.9. The number of carbonyl (C=O) groups is 2. The van der Waals surface area contributed by atoms with Gasteiger partial charge in [-0.25, -0.2) is 0 Å². The first kappa shape index (κ1) is 19.1. The van der Waals surface area contributed by atoms with Gasteiger partial charge < -0.3 is 14.6 Å². The van der Waals surface area contributed by atoms with Crippen molar-refractivity contribution in [1.82, 2.24) is 0 Å². The molecule has 0 radical (unpaired) electrons. The molecule has 8 atom stereocenters. The summed E-state index contributed by atoms with van der Waals surface area (Å²) in [6.45, 7) is 11.7. The highest BCUT2D eigenvalue weighted by Crippen LogP contribution is 2.64. The molecule has 0 spiro atoms. The summed E-state index contributed by atoms with van der Waals surface area (Å²) in [5.74, 6) is -0.394. The maximum absolute atomic E-state index is 13.6. The summed E-state index contributed by atoms with van der Waals surface area (Å²) in [7, 11) is 0. The zero-order valence-corrected chi connectivity index (χ0v) is 17.2. The second-order valence-electron chi connectivity index (χ2n) is 10.2. The van der Waals surface area contributed by atoms with E-state index in [-0.39, 0.29) is 28.8 Å². The summed E-state index contributed by atoms with van der Waals surface area (Å²) < 4.78 is 11.9. The quantitative estimate of drug-likeness (QED) is 0.562. The molecule has 1 heterocycles. The smallest absolute Gasteiger partial charge is 0.303 e. The fraction of sp³-hybridized carbons (Fsp3) is 0.818. The van der Waals surface area contributed by atoms with Crippen LogP contribution >= 0.6 is 0 Å². The number of ether oxygens (including phenoxy) is 2. The number of ketones is 1. The minimum absolute atomic E-state index is 0.132. The van der Waals surface area contributed by atoms with E-state index in [2.05, 4.69) is 26.8 Å². The molecule has 0 aromatic rings. The van der Waals surface area contributed by atoms with Crippen LogP contribution in [0.2, 0.25) is 0 Å². The first-order valence-corrected chi connectivity index (χ1v) is 10.2. The van der Waals surface area contributed by atoms with E-state index in [0.29, 0.717) is 23.8 Å². The molecule has 0 aromatic carbocycles. The summed E-state index contributed by atoms with van der Waals surface area (Å²) in [6.07, 6.45) is 3.39. The van der Waals surface area contributed by atoms with Crippen molar-refractivity contribution in [2.75, 3.05) is 0 Å². The minimum Gasteiger partial charge on any atom is -0.450 e. The highest BCUT2D eigenvalue weighted by atomic mass is 16.6. The number of Topliss-reactive ketones (excluding diaryl/α,β-unsaturated/α-hetero) is 1. The zero-order chi connectivity index (χ0) is 19.9. The van der Waals surface area contributed by atoms with Gasteiger partial charge in [-0.3, -0.25) is 9.59 Å². The topological polar surface area (TPSA) is 76.1 Å². The molecule has 0 bridgehead atoms. The molecule has 5 nitrogen and oxygen atoms in total. The molecule has 27 heavy (non-hydrogen) atoms. The maximum atomic E-state index is 13.6. The summed E-state index contributed by atoms with van der Waals surface area (Å²) in [5.41, 5.74) is -0.861. The van der Waals surface area contributed by atoms with Crippen molar-refractivity contribution in [2.45, 2.75) is 84.2 Å². The number of carbonyl (C=O) groups excluding carboxylic acids is 2. The number of hydrogen-bond donors (Lipinski definition) is 1. The standard InChI is InChI=1S/C22H32O5/c1-11-9-15-14(20(15,4)5)7-8-21(6)19(27-21)16-17(24)12(2)10-22(16,18(11)25)26-13(3)23/h9,12,14-17,19,24H,7-8,10H2,1-6H3/b11-9+/t12-,14-,15+,16+,17-,19+,21+,22+/m0/s1. The summed E-state index contributed by atoms with van der Waals surface area (Å²) in [4.78, 5) is 25.6. The van der Waals surface area contributed by atoms with Crippen LogP contribution in [-0.4, -0.2) is 40.3 Å². The molecule has 3 aliphatic carbocycles. The molecule has 0 unspecified atom stereocenters. The Morgan fingerprint density at radius 2 is 2.00 bits per heavy atom. The van der Waals surface area contributed by atoms with Crippen molar-refractivity contribution < 1.29 is 24.2 Å². The predicted molar refractivity (Wildman–Crippen MR) is 99.8 cm³/mol. The molecule has 0 amide bonds. The third-order valence-electron chi connectivity index (χ3n) is 7.97. The van der Waals surface area contributed by atoms with Crippen LogP contribution in [0.25, 0.3) is 0 Å². The first-order chi connectivity index (χ1) is 12.4. The molecule has 4 rings (SSSR count). The molecule has 150 valence electrons. The van der Waals surface area contributed by atoms with Gasteiger partial charge in [-0.15, -0.1) is 0 Å². The van der Waals surface area contributed by atoms with E-state index in [1.54, 1.807) is 0 Å². The Morgan fingerprint density at radius 3 is 2.63 bits per heavy atom. The normalized spacial score (nSPS) is 52.4. The Balaban J connectivity index is 1.82. The number of esters is 1. The van der Waals surface area contributed by atoms with Crippen LogP contribution in [0.3, 0.4) is 0 Å². The lowest BCUT2D eigenvalue weighted by Gasteiger charge is -2.34. The Hall–Kier alpha value is -1.20. The summed E-state index contributed by atoms with van der Waals surface area (Å²) >= 11 is 0. The molecule has 1 N–H and O–H groups in total. The van der Waals surface area contributed by atoms with Crippen LogP contribution in [0.15, 0.2) is 11.6 Å². The monoisotopic (exact) mass is 376 g/mol. The number of fused-ring (bicyclic) bond motifs is 4. The van der Waals surface area contributed by atoms with Gasteiger partial charge in [-0.05, 0) is 55.4 Å². The average Bonchev–Trinajstić information content (AvgIpc) is 3.32. The molecule has 4 aliphatic rings. The summed E-state index contributed by atoms with van der Waals surface area (Å²) in [6, 6.07) is 0. The van der Waals surface area contributed by atoms with Gasteiger partial charge in [0.05, 0.1) is 23.7 Å². The van der Waals surface area contributed by atoms with Crippen LogP contribution in [0, 0.1) is 29.1 Å². The van der Waals surface area contributed by atoms with E-state index in [4.69, 9.17) is 9.47 Å². The van der Waals surface area contributed by atoms with Crippen molar-refractivity contribution in [1.29, 1.82) is 0 Å². The van der Waals surface area contributed by atoms with Crippen molar-refractivity contribution in [3.05, 3.63) is 11.6 Å². The molecular weight excluding hydrogens is 344 g/mol. The molecule has 0 aromatic heterocycles. The molecule has 2 saturated carbocycles. The Bertz CT molecular complexity index is 724. The van der Waals surface area contributed by atoms with E-state index in [1.165, 1.54) is 6.92 Å². The van der Waals surface area contributed by atoms with Crippen molar-refractivity contribution in [2.24, 2.45) is 29.1 Å². The molecule has 3 fully saturated rings. The van der Waals surface area contributed by atoms with Crippen LogP contribution in [0.4, 0.5) is 0 Å². The van der Waals surface area contributed by atoms with E-state index in [1.807, 2.05) is 13.8 Å². The maximum Gasteiger partial charge on any atom is 0.303 e. The minimum atomic E-state index is -1.33. The van der Waals surface area contributed by atoms with Gasteiger partial charge in [-0.2, -0.15) is 0 Å². The lowest BCUT2D eigenvalue weighted by atomic mass is 9.77. The van der Waals surface area contributed by atoms with Gasteiger partial charge in [0.1, 0.15) is 0 Å². The fourth-order valence-electron chi connectivity index (χ4n) is 6.15. The van der Waals surface area contributed by atoms with Gasteiger partial charge >= 0.3 is 5.97 Å². The van der Waals surface area contributed by atoms with Crippen LogP contribution in [-0.2, 0) is 19.1 Å². The van der Waals surface area contributed by atoms with Crippen LogP contribution < -0.4 is 0 Å². The van der Waals surface area contributed by atoms with E-state index < -0.39 is 23.6 Å². The number of allylic oxidation sites excluding steroid dienone is 1. The predicted octanol–water partition coefficient (Wildman–Crippen LogP) is 3.04.